The molecule has 0 saturated carbocycles. The molecule has 0 aromatic heterocycles. The Labute approximate surface area is 345 Å². The number of amides is 3. The molecule has 0 fully saturated rings. The van der Waals surface area contributed by atoms with Crippen molar-refractivity contribution < 1.29 is 46.6 Å². The lowest BCUT2D eigenvalue weighted by molar-refractivity contribution is -0.157. The summed E-state index contributed by atoms with van der Waals surface area (Å²) in [5.74, 6) is -2.61. The number of benzene rings is 4. The Kier molecular flexibility index (Phi) is 18.5. The minimum Gasteiger partial charge on any atom is -0.497 e. The molecule has 0 aliphatic heterocycles. The highest BCUT2D eigenvalue weighted by Gasteiger charge is 2.33. The van der Waals surface area contributed by atoms with Gasteiger partial charge in [0.05, 0.1) is 45.6 Å². The second kappa shape index (κ2) is 22.7. The van der Waals surface area contributed by atoms with E-state index in [0.29, 0.717) is 39.4 Å². The molecule has 56 heavy (non-hydrogen) atoms. The van der Waals surface area contributed by atoms with Crippen LogP contribution >= 0.6 is 39.1 Å². The summed E-state index contributed by atoms with van der Waals surface area (Å²) >= 11 is 13.4. The van der Waals surface area contributed by atoms with Crippen molar-refractivity contribution in [2.45, 2.75) is 43.7 Å². The van der Waals surface area contributed by atoms with E-state index in [-0.39, 0.29) is 28.8 Å². The molecule has 0 saturated heterocycles. The van der Waals surface area contributed by atoms with Crippen LogP contribution in [0.5, 0.6) is 5.75 Å². The number of aryl methyl sites for hydroxylation is 1. The van der Waals surface area contributed by atoms with Crippen LogP contribution in [0.4, 0.5) is 11.4 Å². The summed E-state index contributed by atoms with van der Waals surface area (Å²) in [7, 11) is 1.52. The van der Waals surface area contributed by atoms with Crippen LogP contribution in [0.25, 0.3) is 0 Å². The van der Waals surface area contributed by atoms with Gasteiger partial charge in [-0.2, -0.15) is 0 Å². The van der Waals surface area contributed by atoms with E-state index in [2.05, 4.69) is 31.9 Å². The Bertz CT molecular complexity index is 2020. The maximum Gasteiger partial charge on any atom is 0.357 e. The monoisotopic (exact) mass is 891 g/mol. The van der Waals surface area contributed by atoms with Crippen molar-refractivity contribution in [1.82, 2.24) is 5.32 Å². The predicted molar refractivity (Wildman–Crippen MR) is 218 cm³/mol. The second-order valence-electron chi connectivity index (χ2n) is 12.0. The zero-order valence-corrected chi connectivity index (χ0v) is 34.8. The highest BCUT2D eigenvalue weighted by molar-refractivity contribution is 9.09. The molecule has 4 aromatic carbocycles. The van der Waals surface area contributed by atoms with Crippen molar-refractivity contribution in [1.29, 1.82) is 0 Å². The van der Waals surface area contributed by atoms with Gasteiger partial charge in [0.15, 0.2) is 11.1 Å². The summed E-state index contributed by atoms with van der Waals surface area (Å²) in [6.45, 7) is 7.95. The smallest absolute Gasteiger partial charge is 0.357 e. The van der Waals surface area contributed by atoms with E-state index in [1.165, 1.54) is 31.4 Å². The molecule has 0 aliphatic rings. The third-order valence-corrected chi connectivity index (χ3v) is 9.67. The first-order chi connectivity index (χ1) is 26.6. The van der Waals surface area contributed by atoms with Gasteiger partial charge in [-0.05, 0) is 108 Å². The van der Waals surface area contributed by atoms with Gasteiger partial charge in [0.2, 0.25) is 5.01 Å². The van der Waals surface area contributed by atoms with Crippen LogP contribution < -0.4 is 20.7 Å². The molecule has 0 bridgehead atoms. The fraction of sp³-hybridized carbons (Fsp3) is 0.256. The zero-order chi connectivity index (χ0) is 41.4. The number of carbonyl (C=O) groups is 5. The average molecular weight is 894 g/mol. The van der Waals surface area contributed by atoms with Gasteiger partial charge in [-0.3, -0.25) is 18.6 Å². The van der Waals surface area contributed by atoms with Gasteiger partial charge in [0.25, 0.3) is 23.8 Å². The largest absolute Gasteiger partial charge is 0.497 e. The van der Waals surface area contributed by atoms with E-state index in [9.17, 15) is 28.2 Å². The van der Waals surface area contributed by atoms with Crippen molar-refractivity contribution in [3.63, 3.8) is 0 Å². The fourth-order valence-electron chi connectivity index (χ4n) is 4.32. The van der Waals surface area contributed by atoms with Crippen LogP contribution in [0.2, 0.25) is 10.0 Å². The number of carbonyl (C=O) groups excluding carboxylic acids is 5. The van der Waals surface area contributed by atoms with E-state index >= 15 is 0 Å². The van der Waals surface area contributed by atoms with Crippen molar-refractivity contribution >= 4 is 91.2 Å². The van der Waals surface area contributed by atoms with E-state index in [4.69, 9.17) is 41.6 Å². The molecule has 17 heteroatoms. The highest BCUT2D eigenvalue weighted by atomic mass is 79.9. The van der Waals surface area contributed by atoms with Crippen LogP contribution in [0.1, 0.15) is 47.1 Å². The molecular formula is C39H40BrCl2N3O10S. The standard InChI is InChI=1S/C20H22BrClN2O5S.C19H18ClNO5/c1-12(2)11-23-19(25)13-4-9-16(22)17(10-13)24-20(26)18(21)29-30(27)15-7-5-14(28-3)6-8-15;1-3-25-19(24)16(26-18(23)13-7-5-4-6-8-13)17(22)21-15-11-12(2)9-10-14(15)20/h4-10,12,18H,11H2,1-3H3,(H,23,25)(H,24,26);4-11,16H,3H2,1-2H3,(H,21,22). The molecule has 4 aromatic rings. The van der Waals surface area contributed by atoms with Crippen LogP contribution in [-0.4, -0.2) is 65.2 Å². The third-order valence-electron chi connectivity index (χ3n) is 7.14. The molecule has 0 heterocycles. The Hall–Kier alpha value is -4.80. The Morgan fingerprint density at radius 1 is 0.804 bits per heavy atom. The summed E-state index contributed by atoms with van der Waals surface area (Å²) in [6, 6.07) is 24.0. The minimum atomic E-state index is -1.89. The fourth-order valence-corrected chi connectivity index (χ4v) is 5.89. The number of anilines is 2. The van der Waals surface area contributed by atoms with Crippen LogP contribution in [0.3, 0.4) is 0 Å². The summed E-state index contributed by atoms with van der Waals surface area (Å²) in [5, 5.41) is 7.19. The van der Waals surface area contributed by atoms with E-state index in [1.54, 1.807) is 73.7 Å². The number of esters is 2. The molecular weight excluding hydrogens is 853 g/mol. The van der Waals surface area contributed by atoms with Crippen LogP contribution in [0, 0.1) is 12.8 Å². The number of methoxy groups -OCH3 is 1. The van der Waals surface area contributed by atoms with Gasteiger partial charge in [-0.15, -0.1) is 0 Å². The molecule has 3 atom stereocenters. The van der Waals surface area contributed by atoms with Gasteiger partial charge < -0.3 is 30.2 Å². The third kappa shape index (κ3) is 14.4. The lowest BCUT2D eigenvalue weighted by atomic mass is 10.1. The molecule has 3 amide bonds. The molecule has 3 N–H and O–H groups in total. The van der Waals surface area contributed by atoms with Crippen LogP contribution in [-0.2, 0) is 39.1 Å². The number of hydrogen-bond acceptors (Lipinski definition) is 10. The lowest BCUT2D eigenvalue weighted by Gasteiger charge is -2.17. The first-order valence-electron chi connectivity index (χ1n) is 16.9. The van der Waals surface area contributed by atoms with E-state index in [0.717, 1.165) is 5.56 Å². The van der Waals surface area contributed by atoms with Crippen molar-refractivity contribution in [3.05, 3.63) is 118 Å². The maximum absolute atomic E-state index is 12.5. The molecule has 0 radical (unpaired) electrons. The van der Waals surface area contributed by atoms with Crippen molar-refractivity contribution in [2.24, 2.45) is 5.92 Å². The number of nitrogens with one attached hydrogen (secondary N) is 3. The topological polar surface area (TPSA) is 175 Å². The zero-order valence-electron chi connectivity index (χ0n) is 30.9. The maximum atomic E-state index is 12.5. The van der Waals surface area contributed by atoms with Gasteiger partial charge >= 0.3 is 11.9 Å². The molecule has 3 unspecified atom stereocenters. The van der Waals surface area contributed by atoms with Crippen molar-refractivity contribution in [3.8, 4) is 5.75 Å². The Morgan fingerprint density at radius 3 is 2.02 bits per heavy atom. The van der Waals surface area contributed by atoms with Crippen LogP contribution in [0.15, 0.2) is 95.9 Å². The number of hydrogen-bond donors (Lipinski definition) is 3. The molecule has 298 valence electrons. The first kappa shape index (κ1) is 45.6. The molecule has 0 spiro atoms. The summed E-state index contributed by atoms with van der Waals surface area (Å²) in [5.41, 5.74) is 1.97. The number of halogens is 3. The number of rotatable bonds is 15. The summed E-state index contributed by atoms with van der Waals surface area (Å²) < 4.78 is 32.5. The quantitative estimate of drug-likeness (QED) is 0.0616. The van der Waals surface area contributed by atoms with Gasteiger partial charge in [0, 0.05) is 12.1 Å². The van der Waals surface area contributed by atoms with E-state index in [1.807, 2.05) is 20.8 Å². The SMILES string of the molecule is CCOC(=O)C(OC(=O)c1ccccc1)C(=O)Nc1cc(C)ccc1Cl.COc1ccc(S(=O)OC(Br)C(=O)Nc2cc(C(=O)NCC(C)C)ccc2Cl)cc1. The Morgan fingerprint density at radius 2 is 1.41 bits per heavy atom. The Balaban J connectivity index is 0.000000303. The highest BCUT2D eigenvalue weighted by Crippen LogP contribution is 2.26. The normalized spacial score (nSPS) is 12.2. The molecule has 4 rings (SSSR count). The van der Waals surface area contributed by atoms with Gasteiger partial charge in [-0.1, -0.05) is 61.3 Å². The second-order valence-corrected chi connectivity index (χ2v) is 14.8. The summed E-state index contributed by atoms with van der Waals surface area (Å²) in [4.78, 5) is 61.8. The summed E-state index contributed by atoms with van der Waals surface area (Å²) in [6.07, 6.45) is -1.75. The first-order valence-corrected chi connectivity index (χ1v) is 19.6. The van der Waals surface area contributed by atoms with Crippen molar-refractivity contribution in [2.75, 3.05) is 30.9 Å². The number of alkyl halides is 1. The lowest BCUT2D eigenvalue weighted by Crippen LogP contribution is -2.40. The average Bonchev–Trinajstić information content (AvgIpc) is 3.18. The molecule has 0 aliphatic carbocycles. The number of ether oxygens (including phenoxy) is 3. The van der Waals surface area contributed by atoms with Gasteiger partial charge in [-0.25, -0.2) is 13.8 Å². The predicted octanol–water partition coefficient (Wildman–Crippen LogP) is 7.51. The van der Waals surface area contributed by atoms with E-state index < -0.39 is 46.0 Å². The minimum absolute atomic E-state index is 0.0384. The molecule has 13 nitrogen and oxygen atoms in total. The van der Waals surface area contributed by atoms with Gasteiger partial charge in [0.1, 0.15) is 5.75 Å².